The van der Waals surface area contributed by atoms with Gasteiger partial charge in [0.1, 0.15) is 17.0 Å². The van der Waals surface area contributed by atoms with Crippen LogP contribution < -0.4 is 9.86 Å². The van der Waals surface area contributed by atoms with Crippen LogP contribution in [0, 0.1) is 0 Å². The van der Waals surface area contributed by atoms with Crippen molar-refractivity contribution >= 4 is 27.8 Å². The lowest BCUT2D eigenvalue weighted by molar-refractivity contribution is 0.587. The number of amidine groups is 1. The van der Waals surface area contributed by atoms with Crippen LogP contribution in [0.4, 0.5) is 0 Å². The minimum Gasteiger partial charge on any atom is -0.316 e. The third kappa shape index (κ3) is 2.85. The lowest BCUT2D eigenvalue weighted by atomic mass is 10.2. The minimum absolute atomic E-state index is 0.495. The highest BCUT2D eigenvalue weighted by Gasteiger charge is 2.28. The zero-order valence-electron chi connectivity index (χ0n) is 7.36. The van der Waals surface area contributed by atoms with Crippen LogP contribution in [-0.4, -0.2) is 25.4 Å². The first kappa shape index (κ1) is 10.8. The van der Waals surface area contributed by atoms with Crippen molar-refractivity contribution in [2.45, 2.75) is 25.0 Å². The summed E-state index contributed by atoms with van der Waals surface area (Å²) in [6, 6.07) is 0. The molecule has 1 heterocycles. The fourth-order valence-electron chi connectivity index (χ4n) is 1.13. The van der Waals surface area contributed by atoms with Gasteiger partial charge in [-0.25, -0.2) is 13.6 Å². The topological polar surface area (TPSA) is 84.5 Å². The van der Waals surface area contributed by atoms with E-state index in [0.717, 1.165) is 6.42 Å². The first-order chi connectivity index (χ1) is 6.05. The van der Waals surface area contributed by atoms with Crippen molar-refractivity contribution in [1.82, 2.24) is 4.72 Å². The van der Waals surface area contributed by atoms with Crippen molar-refractivity contribution in [1.29, 1.82) is 0 Å². The largest absolute Gasteiger partial charge is 0.316 e. The summed E-state index contributed by atoms with van der Waals surface area (Å²) in [4.78, 5) is 4.03. The van der Waals surface area contributed by atoms with Crippen LogP contribution in [0.2, 0.25) is 0 Å². The summed E-state index contributed by atoms with van der Waals surface area (Å²) >= 11 is 1.38. The zero-order valence-corrected chi connectivity index (χ0v) is 8.99. The van der Waals surface area contributed by atoms with E-state index < -0.39 is 15.3 Å². The molecule has 0 spiro atoms. The lowest BCUT2D eigenvalue weighted by Gasteiger charge is -2.13. The molecule has 0 amide bonds. The fourth-order valence-corrected chi connectivity index (χ4v) is 2.83. The van der Waals surface area contributed by atoms with E-state index in [2.05, 4.69) is 9.71 Å². The number of hydrogen-bond donors (Lipinski definition) is 2. The van der Waals surface area contributed by atoms with Crippen molar-refractivity contribution in [2.24, 2.45) is 10.1 Å². The van der Waals surface area contributed by atoms with Crippen molar-refractivity contribution < 1.29 is 8.42 Å². The Morgan fingerprint density at radius 1 is 1.77 bits per heavy atom. The third-order valence-corrected chi connectivity index (χ3v) is 3.59. The Morgan fingerprint density at radius 3 is 2.85 bits per heavy atom. The molecule has 0 radical (unpaired) electrons. The van der Waals surface area contributed by atoms with Gasteiger partial charge in [-0.2, -0.15) is 0 Å². The lowest BCUT2D eigenvalue weighted by Crippen LogP contribution is -2.39. The van der Waals surface area contributed by atoms with Gasteiger partial charge in [-0.3, -0.25) is 4.99 Å². The molecule has 7 heteroatoms. The summed E-state index contributed by atoms with van der Waals surface area (Å²) in [6.45, 7) is 1.92. The maximum Gasteiger partial charge on any atom is 0.219 e. The van der Waals surface area contributed by atoms with E-state index in [4.69, 9.17) is 5.14 Å². The summed E-state index contributed by atoms with van der Waals surface area (Å²) < 4.78 is 25.2. The Labute approximate surface area is 82.4 Å². The molecule has 0 fully saturated rings. The van der Waals surface area contributed by atoms with Crippen molar-refractivity contribution in [3.63, 3.8) is 0 Å². The van der Waals surface area contributed by atoms with Gasteiger partial charge in [0.2, 0.25) is 10.0 Å². The molecule has 13 heavy (non-hydrogen) atoms. The average Bonchev–Trinajstić information content (AvgIpc) is 2.49. The quantitative estimate of drug-likeness (QED) is 0.660. The molecule has 1 aliphatic rings. The third-order valence-electron chi connectivity index (χ3n) is 1.73. The van der Waals surface area contributed by atoms with Crippen LogP contribution in [0.25, 0.3) is 0 Å². The molecule has 1 atom stereocenters. The van der Waals surface area contributed by atoms with Gasteiger partial charge in [-0.15, -0.1) is 0 Å². The van der Waals surface area contributed by atoms with Crippen molar-refractivity contribution in [3.8, 4) is 0 Å². The number of nitrogens with two attached hydrogens (primary N) is 1. The summed E-state index contributed by atoms with van der Waals surface area (Å²) in [7, 11) is -3.52. The van der Waals surface area contributed by atoms with E-state index in [1.54, 1.807) is 0 Å². The summed E-state index contributed by atoms with van der Waals surface area (Å²) in [5.41, 5.74) is 0. The van der Waals surface area contributed by atoms with Crippen LogP contribution in [0.15, 0.2) is 4.99 Å². The first-order valence-corrected chi connectivity index (χ1v) is 6.59. The monoisotopic (exact) mass is 223 g/mol. The van der Waals surface area contributed by atoms with Crippen LogP contribution in [0.1, 0.15) is 19.8 Å². The second-order valence-electron chi connectivity index (χ2n) is 2.79. The number of nitrogens with one attached hydrogen (secondary N) is 1. The SMILES string of the molecule is CCCC(C1=NCSN1)S(N)(=O)=O. The van der Waals surface area contributed by atoms with Crippen LogP contribution in [-0.2, 0) is 10.0 Å². The Morgan fingerprint density at radius 2 is 2.46 bits per heavy atom. The molecule has 1 unspecified atom stereocenters. The van der Waals surface area contributed by atoms with E-state index in [0.29, 0.717) is 18.1 Å². The van der Waals surface area contributed by atoms with Crippen LogP contribution in [0.5, 0.6) is 0 Å². The predicted molar refractivity (Wildman–Crippen MR) is 54.8 cm³/mol. The van der Waals surface area contributed by atoms with Crippen molar-refractivity contribution in [2.75, 3.05) is 5.88 Å². The van der Waals surface area contributed by atoms with Crippen LogP contribution >= 0.6 is 11.9 Å². The highest BCUT2D eigenvalue weighted by atomic mass is 32.2. The maximum absolute atomic E-state index is 11.2. The first-order valence-electron chi connectivity index (χ1n) is 3.99. The Balaban J connectivity index is 2.79. The summed E-state index contributed by atoms with van der Waals surface area (Å²) in [5, 5.41) is 4.43. The molecule has 3 N–H and O–H groups in total. The number of primary sulfonamides is 1. The Hall–Kier alpha value is -0.270. The molecule has 0 aliphatic carbocycles. The molecule has 0 bridgehead atoms. The van der Waals surface area contributed by atoms with E-state index >= 15 is 0 Å². The Bertz CT molecular complexity index is 299. The fraction of sp³-hybridized carbons (Fsp3) is 0.833. The van der Waals surface area contributed by atoms with Gasteiger partial charge in [-0.1, -0.05) is 13.3 Å². The van der Waals surface area contributed by atoms with Gasteiger partial charge in [0, 0.05) is 0 Å². The van der Waals surface area contributed by atoms with E-state index in [-0.39, 0.29) is 0 Å². The Kier molecular flexibility index (Phi) is 3.57. The van der Waals surface area contributed by atoms with Gasteiger partial charge in [0.05, 0.1) is 0 Å². The molecule has 0 aromatic rings. The standard InChI is InChI=1S/C6H13N3O2S2/c1-2-3-5(13(7,10)11)6-8-4-12-9-6/h5H,2-4H2,1H3,(H,8,9)(H2,7,10,11). The average molecular weight is 223 g/mol. The molecule has 5 nitrogen and oxygen atoms in total. The van der Waals surface area contributed by atoms with E-state index in [1.807, 2.05) is 6.92 Å². The van der Waals surface area contributed by atoms with E-state index in [9.17, 15) is 8.42 Å². The molecular formula is C6H13N3O2S2. The number of rotatable bonds is 4. The molecule has 1 aliphatic heterocycles. The summed E-state index contributed by atoms with van der Waals surface area (Å²) in [5.74, 6) is 1.06. The number of sulfonamides is 1. The smallest absolute Gasteiger partial charge is 0.219 e. The number of hydrogen-bond acceptors (Lipinski definition) is 5. The second-order valence-corrected chi connectivity index (χ2v) is 5.28. The van der Waals surface area contributed by atoms with Gasteiger partial charge in [0.25, 0.3) is 0 Å². The highest BCUT2D eigenvalue weighted by Crippen LogP contribution is 2.13. The van der Waals surface area contributed by atoms with Gasteiger partial charge in [-0.05, 0) is 18.4 Å². The molecular weight excluding hydrogens is 210 g/mol. The molecule has 0 saturated heterocycles. The molecule has 0 aromatic heterocycles. The van der Waals surface area contributed by atoms with E-state index in [1.165, 1.54) is 11.9 Å². The molecule has 1 rings (SSSR count). The normalized spacial score (nSPS) is 19.4. The van der Waals surface area contributed by atoms with Gasteiger partial charge in [0.15, 0.2) is 0 Å². The summed E-state index contributed by atoms with van der Waals surface area (Å²) in [6.07, 6.45) is 1.29. The van der Waals surface area contributed by atoms with Crippen molar-refractivity contribution in [3.05, 3.63) is 0 Å². The predicted octanol–water partition coefficient (Wildman–Crippen LogP) is 0.0510. The number of nitrogens with zero attached hydrogens (tertiary/aromatic N) is 1. The minimum atomic E-state index is -3.52. The second kappa shape index (κ2) is 4.30. The van der Waals surface area contributed by atoms with Gasteiger partial charge >= 0.3 is 0 Å². The molecule has 0 saturated carbocycles. The number of aliphatic imine (C=N–C) groups is 1. The molecule has 76 valence electrons. The van der Waals surface area contributed by atoms with Gasteiger partial charge < -0.3 is 4.72 Å². The molecule has 0 aromatic carbocycles. The maximum atomic E-state index is 11.2. The highest BCUT2D eigenvalue weighted by molar-refractivity contribution is 7.98. The zero-order chi connectivity index (χ0) is 9.90. The van der Waals surface area contributed by atoms with Crippen LogP contribution in [0.3, 0.4) is 0 Å².